The maximum absolute atomic E-state index is 13.9. The first kappa shape index (κ1) is 15.7. The second kappa shape index (κ2) is 6.85. The molecule has 0 saturated carbocycles. The molecule has 0 unspecified atom stereocenters. The molecule has 0 fully saturated rings. The lowest BCUT2D eigenvalue weighted by atomic mass is 10.1. The van der Waals surface area contributed by atoms with Crippen LogP contribution in [0.1, 0.15) is 37.2 Å². The van der Waals surface area contributed by atoms with Gasteiger partial charge in [-0.05, 0) is 50.9 Å². The van der Waals surface area contributed by atoms with Crippen molar-refractivity contribution in [2.45, 2.75) is 46.6 Å². The van der Waals surface area contributed by atoms with Gasteiger partial charge in [0.2, 0.25) is 0 Å². The summed E-state index contributed by atoms with van der Waals surface area (Å²) < 4.78 is 15.6. The van der Waals surface area contributed by atoms with Crippen molar-refractivity contribution in [3.63, 3.8) is 0 Å². The minimum atomic E-state index is -0.240. The average Bonchev–Trinajstić information content (AvgIpc) is 2.71. The smallest absolute Gasteiger partial charge is 0.148 e. The van der Waals surface area contributed by atoms with Crippen molar-refractivity contribution in [2.24, 2.45) is 0 Å². The molecule has 0 aliphatic carbocycles. The minimum Gasteiger partial charge on any atom is -0.315 e. The lowest BCUT2D eigenvalue weighted by Gasteiger charge is -2.08. The fourth-order valence-electron chi connectivity index (χ4n) is 2.55. The highest BCUT2D eigenvalue weighted by atomic mass is 19.1. The first-order valence-corrected chi connectivity index (χ1v) is 7.54. The molecular formula is C17H24FN3. The van der Waals surface area contributed by atoms with Crippen molar-refractivity contribution in [3.05, 3.63) is 47.0 Å². The van der Waals surface area contributed by atoms with E-state index < -0.39 is 0 Å². The van der Waals surface area contributed by atoms with E-state index in [1.165, 1.54) is 11.6 Å². The molecule has 3 nitrogen and oxygen atoms in total. The maximum atomic E-state index is 13.9. The number of benzene rings is 1. The van der Waals surface area contributed by atoms with Gasteiger partial charge in [0.05, 0.1) is 5.69 Å². The van der Waals surface area contributed by atoms with Crippen LogP contribution in [-0.2, 0) is 6.42 Å². The van der Waals surface area contributed by atoms with Gasteiger partial charge in [-0.25, -0.2) is 9.07 Å². The quantitative estimate of drug-likeness (QED) is 0.824. The van der Waals surface area contributed by atoms with Gasteiger partial charge in [0.25, 0.3) is 0 Å². The molecule has 21 heavy (non-hydrogen) atoms. The molecule has 1 heterocycles. The molecule has 1 aromatic heterocycles. The summed E-state index contributed by atoms with van der Waals surface area (Å²) in [5.41, 5.74) is 3.76. The molecule has 0 bridgehead atoms. The topological polar surface area (TPSA) is 29.9 Å². The zero-order chi connectivity index (χ0) is 15.4. The Kier molecular flexibility index (Phi) is 5.12. The van der Waals surface area contributed by atoms with Crippen LogP contribution >= 0.6 is 0 Å². The summed E-state index contributed by atoms with van der Waals surface area (Å²) >= 11 is 0. The summed E-state index contributed by atoms with van der Waals surface area (Å²) in [6.45, 7) is 9.29. The van der Waals surface area contributed by atoms with Crippen molar-refractivity contribution in [1.29, 1.82) is 0 Å². The van der Waals surface area contributed by atoms with Crippen molar-refractivity contribution >= 4 is 0 Å². The Morgan fingerprint density at radius 3 is 2.62 bits per heavy atom. The lowest BCUT2D eigenvalue weighted by molar-refractivity contribution is 0.569. The number of aryl methyl sites for hydroxylation is 1. The zero-order valence-corrected chi connectivity index (χ0v) is 13.3. The number of rotatable bonds is 6. The van der Waals surface area contributed by atoms with E-state index in [9.17, 15) is 4.39 Å². The van der Waals surface area contributed by atoms with Gasteiger partial charge in [0.15, 0.2) is 0 Å². The standard InChI is InChI=1S/C17H24FN3/c1-12(2)19-11-7-8-15-13(3)20-21(14(15)4)17-10-6-5-9-16(17)18/h5-6,9-10,12,19H,7-8,11H2,1-4H3. The molecule has 0 radical (unpaired) electrons. The van der Waals surface area contributed by atoms with Gasteiger partial charge >= 0.3 is 0 Å². The van der Waals surface area contributed by atoms with Crippen LogP contribution in [0.4, 0.5) is 4.39 Å². The summed E-state index contributed by atoms with van der Waals surface area (Å²) in [6.07, 6.45) is 2.02. The molecule has 2 aromatic rings. The predicted octanol–water partition coefficient (Wildman–Crippen LogP) is 3.56. The Labute approximate surface area is 126 Å². The van der Waals surface area contributed by atoms with Gasteiger partial charge in [-0.15, -0.1) is 0 Å². The first-order valence-electron chi connectivity index (χ1n) is 7.54. The van der Waals surface area contributed by atoms with Crippen LogP contribution in [0.2, 0.25) is 0 Å². The summed E-state index contributed by atoms with van der Waals surface area (Å²) in [5, 5.41) is 7.93. The zero-order valence-electron chi connectivity index (χ0n) is 13.3. The van der Waals surface area contributed by atoms with E-state index in [1.807, 2.05) is 19.9 Å². The monoisotopic (exact) mass is 289 g/mol. The van der Waals surface area contributed by atoms with Crippen molar-refractivity contribution < 1.29 is 4.39 Å². The highest BCUT2D eigenvalue weighted by molar-refractivity contribution is 5.38. The molecule has 0 atom stereocenters. The van der Waals surface area contributed by atoms with Gasteiger partial charge in [0, 0.05) is 11.7 Å². The lowest BCUT2D eigenvalue weighted by Crippen LogP contribution is -2.24. The molecular weight excluding hydrogens is 265 g/mol. The molecule has 4 heteroatoms. The summed E-state index contributed by atoms with van der Waals surface area (Å²) in [6, 6.07) is 7.27. The Hall–Kier alpha value is -1.68. The van der Waals surface area contributed by atoms with Gasteiger partial charge in [-0.3, -0.25) is 0 Å². The molecule has 0 saturated heterocycles. The van der Waals surface area contributed by atoms with Gasteiger partial charge in [-0.1, -0.05) is 26.0 Å². The maximum Gasteiger partial charge on any atom is 0.148 e. The van der Waals surface area contributed by atoms with Crippen LogP contribution in [0.5, 0.6) is 0 Å². The molecule has 1 N–H and O–H groups in total. The number of hydrogen-bond acceptors (Lipinski definition) is 2. The summed E-state index contributed by atoms with van der Waals surface area (Å²) in [4.78, 5) is 0. The number of aromatic nitrogens is 2. The Morgan fingerprint density at radius 1 is 1.24 bits per heavy atom. The molecule has 114 valence electrons. The Bertz CT molecular complexity index is 602. The number of hydrogen-bond donors (Lipinski definition) is 1. The number of halogens is 1. The highest BCUT2D eigenvalue weighted by Gasteiger charge is 2.14. The highest BCUT2D eigenvalue weighted by Crippen LogP contribution is 2.20. The number of nitrogens with zero attached hydrogens (tertiary/aromatic N) is 2. The molecule has 0 spiro atoms. The molecule has 1 aromatic carbocycles. The van der Waals surface area contributed by atoms with Crippen molar-refractivity contribution in [3.8, 4) is 5.69 Å². The van der Waals surface area contributed by atoms with Crippen molar-refractivity contribution in [1.82, 2.24) is 15.1 Å². The fraction of sp³-hybridized carbons (Fsp3) is 0.471. The number of para-hydroxylation sites is 1. The fourth-order valence-corrected chi connectivity index (χ4v) is 2.55. The van der Waals surface area contributed by atoms with Crippen LogP contribution in [0.25, 0.3) is 5.69 Å². The SMILES string of the molecule is Cc1nn(-c2ccccc2F)c(C)c1CCCNC(C)C. The van der Waals surface area contributed by atoms with Gasteiger partial charge < -0.3 is 5.32 Å². The van der Waals surface area contributed by atoms with Crippen LogP contribution < -0.4 is 5.32 Å². The van der Waals surface area contributed by atoms with E-state index in [-0.39, 0.29) is 5.82 Å². The second-order valence-electron chi connectivity index (χ2n) is 5.72. The average molecular weight is 289 g/mol. The molecule has 0 amide bonds. The van der Waals surface area contributed by atoms with Crippen LogP contribution in [0, 0.1) is 19.7 Å². The molecule has 0 aliphatic rings. The third kappa shape index (κ3) is 3.70. The largest absolute Gasteiger partial charge is 0.315 e. The predicted molar refractivity (Wildman–Crippen MR) is 84.5 cm³/mol. The van der Waals surface area contributed by atoms with E-state index in [0.717, 1.165) is 30.8 Å². The second-order valence-corrected chi connectivity index (χ2v) is 5.72. The van der Waals surface area contributed by atoms with Crippen molar-refractivity contribution in [2.75, 3.05) is 6.54 Å². The first-order chi connectivity index (χ1) is 10.0. The molecule has 0 aliphatic heterocycles. The summed E-state index contributed by atoms with van der Waals surface area (Å²) in [5.74, 6) is -0.240. The number of nitrogens with one attached hydrogen (secondary N) is 1. The minimum absolute atomic E-state index is 0.240. The van der Waals surface area contributed by atoms with Gasteiger partial charge in [-0.2, -0.15) is 5.10 Å². The van der Waals surface area contributed by atoms with Crippen LogP contribution in [-0.4, -0.2) is 22.4 Å². The van der Waals surface area contributed by atoms with Gasteiger partial charge in [0.1, 0.15) is 11.5 Å². The van der Waals surface area contributed by atoms with E-state index in [0.29, 0.717) is 11.7 Å². The molecule has 2 rings (SSSR count). The van der Waals surface area contributed by atoms with E-state index in [2.05, 4.69) is 24.3 Å². The Morgan fingerprint density at radius 2 is 1.95 bits per heavy atom. The van der Waals surface area contributed by atoms with E-state index in [4.69, 9.17) is 0 Å². The van der Waals surface area contributed by atoms with E-state index >= 15 is 0 Å². The summed E-state index contributed by atoms with van der Waals surface area (Å²) in [7, 11) is 0. The normalized spacial score (nSPS) is 11.3. The van der Waals surface area contributed by atoms with E-state index in [1.54, 1.807) is 16.8 Å². The van der Waals surface area contributed by atoms with Crippen LogP contribution in [0.3, 0.4) is 0 Å². The third-order valence-electron chi connectivity index (χ3n) is 3.68. The third-order valence-corrected chi connectivity index (χ3v) is 3.68. The van der Waals surface area contributed by atoms with Crippen LogP contribution in [0.15, 0.2) is 24.3 Å². The Balaban J connectivity index is 2.16.